The number of benzene rings is 4. The van der Waals surface area contributed by atoms with Crippen molar-refractivity contribution < 1.29 is 14.6 Å². The lowest BCUT2D eigenvalue weighted by Gasteiger charge is -2.32. The van der Waals surface area contributed by atoms with E-state index in [0.717, 1.165) is 38.4 Å². The molecule has 4 aromatic rings. The van der Waals surface area contributed by atoms with Gasteiger partial charge in [0, 0.05) is 39.0 Å². The zero-order valence-electron chi connectivity index (χ0n) is 19.6. The van der Waals surface area contributed by atoms with Crippen LogP contribution in [0.3, 0.4) is 0 Å². The third kappa shape index (κ3) is 6.21. The minimum atomic E-state index is -0.827. The fraction of sp³-hybridized carbons (Fsp3) is 0.179. The fourth-order valence-electron chi connectivity index (χ4n) is 4.05. The van der Waals surface area contributed by atoms with Gasteiger partial charge in [-0.2, -0.15) is 0 Å². The average molecular weight is 507 g/mol. The van der Waals surface area contributed by atoms with Crippen molar-refractivity contribution in [3.05, 3.63) is 95.5 Å². The SMILES string of the molecule is COc1ccc(SNc2ccc(N(Cc3cccc(Cl)c3)[C@@H](C)CC(=O)O)c3ccccc23)cc1. The van der Waals surface area contributed by atoms with E-state index in [2.05, 4.69) is 27.8 Å². The number of anilines is 2. The molecule has 2 N–H and O–H groups in total. The van der Waals surface area contributed by atoms with Crippen molar-refractivity contribution in [2.75, 3.05) is 16.7 Å². The lowest BCUT2D eigenvalue weighted by Crippen LogP contribution is -2.34. The summed E-state index contributed by atoms with van der Waals surface area (Å²) in [6.07, 6.45) is 0.0300. The molecule has 0 unspecified atom stereocenters. The first kappa shape index (κ1) is 24.8. The van der Waals surface area contributed by atoms with Gasteiger partial charge >= 0.3 is 5.97 Å². The molecule has 4 aromatic carbocycles. The quantitative estimate of drug-likeness (QED) is 0.217. The number of nitrogens with zero attached hydrogens (tertiary/aromatic N) is 1. The van der Waals surface area contributed by atoms with Gasteiger partial charge in [0.1, 0.15) is 5.75 Å². The second kappa shape index (κ2) is 11.4. The molecule has 180 valence electrons. The van der Waals surface area contributed by atoms with Crippen LogP contribution in [0.5, 0.6) is 5.75 Å². The molecule has 0 aliphatic heterocycles. The predicted molar refractivity (Wildman–Crippen MR) is 146 cm³/mol. The maximum absolute atomic E-state index is 11.6. The highest BCUT2D eigenvalue weighted by atomic mass is 35.5. The minimum absolute atomic E-state index is 0.0300. The Morgan fingerprint density at radius 2 is 1.77 bits per heavy atom. The number of nitrogens with one attached hydrogen (secondary N) is 1. The highest BCUT2D eigenvalue weighted by Gasteiger charge is 2.21. The van der Waals surface area contributed by atoms with E-state index in [1.165, 1.54) is 11.9 Å². The molecule has 4 rings (SSSR count). The van der Waals surface area contributed by atoms with Gasteiger partial charge < -0.3 is 19.5 Å². The molecule has 0 amide bonds. The second-order valence-corrected chi connectivity index (χ2v) is 9.58. The van der Waals surface area contributed by atoms with Crippen LogP contribution in [-0.4, -0.2) is 24.2 Å². The van der Waals surface area contributed by atoms with Gasteiger partial charge in [-0.15, -0.1) is 0 Å². The summed E-state index contributed by atoms with van der Waals surface area (Å²) in [4.78, 5) is 14.8. The van der Waals surface area contributed by atoms with Crippen LogP contribution in [0.15, 0.2) is 89.8 Å². The molecule has 0 saturated carbocycles. The number of halogens is 1. The van der Waals surface area contributed by atoms with E-state index in [1.54, 1.807) is 7.11 Å². The highest BCUT2D eigenvalue weighted by Crippen LogP contribution is 2.36. The smallest absolute Gasteiger partial charge is 0.305 e. The predicted octanol–water partition coefficient (Wildman–Crippen LogP) is 7.49. The third-order valence-electron chi connectivity index (χ3n) is 5.79. The molecule has 0 aromatic heterocycles. The van der Waals surface area contributed by atoms with Gasteiger partial charge in [-0.3, -0.25) is 4.79 Å². The highest BCUT2D eigenvalue weighted by molar-refractivity contribution is 8.00. The number of hydrogen-bond acceptors (Lipinski definition) is 5. The van der Waals surface area contributed by atoms with Crippen LogP contribution in [-0.2, 0) is 11.3 Å². The van der Waals surface area contributed by atoms with E-state index < -0.39 is 5.97 Å². The van der Waals surface area contributed by atoms with Crippen LogP contribution in [0, 0.1) is 0 Å². The van der Waals surface area contributed by atoms with Crippen LogP contribution in [0.2, 0.25) is 5.02 Å². The number of fused-ring (bicyclic) bond motifs is 1. The number of carboxylic acid groups (broad SMARTS) is 1. The first-order valence-corrected chi connectivity index (χ1v) is 12.5. The van der Waals surface area contributed by atoms with E-state index in [0.29, 0.717) is 11.6 Å². The Morgan fingerprint density at radius 1 is 1.03 bits per heavy atom. The molecule has 0 fully saturated rings. The maximum atomic E-state index is 11.6. The Hall–Kier alpha value is -3.35. The van der Waals surface area contributed by atoms with E-state index in [4.69, 9.17) is 16.3 Å². The lowest BCUT2D eigenvalue weighted by molar-refractivity contribution is -0.137. The van der Waals surface area contributed by atoms with Gasteiger partial charge in [-0.1, -0.05) is 48.0 Å². The summed E-state index contributed by atoms with van der Waals surface area (Å²) >= 11 is 7.76. The van der Waals surface area contributed by atoms with E-state index in [1.807, 2.05) is 73.7 Å². The van der Waals surface area contributed by atoms with Crippen molar-refractivity contribution >= 4 is 51.7 Å². The molecule has 0 saturated heterocycles. The Labute approximate surface area is 214 Å². The molecule has 0 aliphatic carbocycles. The van der Waals surface area contributed by atoms with Gasteiger partial charge in [0.25, 0.3) is 0 Å². The van der Waals surface area contributed by atoms with Crippen LogP contribution < -0.4 is 14.4 Å². The Morgan fingerprint density at radius 3 is 2.46 bits per heavy atom. The molecule has 0 bridgehead atoms. The summed E-state index contributed by atoms with van der Waals surface area (Å²) in [6, 6.07) is 27.6. The van der Waals surface area contributed by atoms with Crippen LogP contribution in [0.1, 0.15) is 18.9 Å². The van der Waals surface area contributed by atoms with E-state index in [-0.39, 0.29) is 12.5 Å². The molecule has 0 heterocycles. The molecule has 0 radical (unpaired) electrons. The zero-order chi connectivity index (χ0) is 24.8. The van der Waals surface area contributed by atoms with Crippen LogP contribution in [0.4, 0.5) is 11.4 Å². The minimum Gasteiger partial charge on any atom is -0.497 e. The maximum Gasteiger partial charge on any atom is 0.305 e. The second-order valence-electron chi connectivity index (χ2n) is 8.26. The molecule has 35 heavy (non-hydrogen) atoms. The fourth-order valence-corrected chi connectivity index (χ4v) is 4.94. The van der Waals surface area contributed by atoms with Gasteiger partial charge in [0.2, 0.25) is 0 Å². The molecule has 5 nitrogen and oxygen atoms in total. The zero-order valence-corrected chi connectivity index (χ0v) is 21.1. The summed E-state index contributed by atoms with van der Waals surface area (Å²) in [5.74, 6) is -0.00786. The van der Waals surface area contributed by atoms with Crippen molar-refractivity contribution in [2.24, 2.45) is 0 Å². The third-order valence-corrected chi connectivity index (χ3v) is 6.86. The normalized spacial score (nSPS) is 11.7. The Kier molecular flexibility index (Phi) is 8.06. The largest absolute Gasteiger partial charge is 0.497 e. The van der Waals surface area contributed by atoms with Crippen molar-refractivity contribution in [1.29, 1.82) is 0 Å². The first-order valence-electron chi connectivity index (χ1n) is 11.3. The number of aliphatic carboxylic acids is 1. The molecular weight excluding hydrogens is 480 g/mol. The topological polar surface area (TPSA) is 61.8 Å². The van der Waals surface area contributed by atoms with E-state index >= 15 is 0 Å². The lowest BCUT2D eigenvalue weighted by atomic mass is 10.0. The van der Waals surface area contributed by atoms with Crippen LogP contribution >= 0.6 is 23.5 Å². The van der Waals surface area contributed by atoms with Crippen molar-refractivity contribution in [3.8, 4) is 5.75 Å². The van der Waals surface area contributed by atoms with Crippen molar-refractivity contribution in [1.82, 2.24) is 0 Å². The summed E-state index contributed by atoms with van der Waals surface area (Å²) in [7, 11) is 1.65. The first-order chi connectivity index (χ1) is 16.9. The standard InChI is InChI=1S/C28H27ClN2O3S/c1-19(16-28(32)33)31(18-20-6-5-7-21(29)17-20)27-15-14-26(24-8-3-4-9-25(24)27)30-35-23-12-10-22(34-2)11-13-23/h3-15,17,19,30H,16,18H2,1-2H3,(H,32,33)/t19-/m0/s1. The molecule has 7 heteroatoms. The number of rotatable bonds is 10. The summed E-state index contributed by atoms with van der Waals surface area (Å²) in [6.45, 7) is 2.49. The molecule has 0 aliphatic rings. The molecular formula is C28H27ClN2O3S. The Balaban J connectivity index is 1.68. The Bertz CT molecular complexity index is 1310. The van der Waals surface area contributed by atoms with Crippen LogP contribution in [0.25, 0.3) is 10.8 Å². The number of methoxy groups -OCH3 is 1. The molecule has 0 spiro atoms. The number of ether oxygens (including phenoxy) is 1. The van der Waals surface area contributed by atoms with Crippen molar-refractivity contribution in [2.45, 2.75) is 30.8 Å². The van der Waals surface area contributed by atoms with Gasteiger partial charge in [-0.25, -0.2) is 0 Å². The summed E-state index contributed by atoms with van der Waals surface area (Å²) < 4.78 is 8.71. The number of hydrogen-bond donors (Lipinski definition) is 2. The van der Waals surface area contributed by atoms with Gasteiger partial charge in [0.05, 0.1) is 19.2 Å². The van der Waals surface area contributed by atoms with Gasteiger partial charge in [-0.05, 0) is 73.0 Å². The van der Waals surface area contributed by atoms with E-state index in [9.17, 15) is 9.90 Å². The number of carboxylic acids is 1. The van der Waals surface area contributed by atoms with Gasteiger partial charge in [0.15, 0.2) is 0 Å². The summed E-state index contributed by atoms with van der Waals surface area (Å²) in [5, 5.41) is 12.3. The number of carbonyl (C=O) groups is 1. The molecule has 1 atom stereocenters. The summed E-state index contributed by atoms with van der Waals surface area (Å²) in [5.41, 5.74) is 2.99. The monoisotopic (exact) mass is 506 g/mol. The average Bonchev–Trinajstić information content (AvgIpc) is 2.86. The van der Waals surface area contributed by atoms with Crippen molar-refractivity contribution in [3.63, 3.8) is 0 Å².